The van der Waals surface area contributed by atoms with Gasteiger partial charge in [-0.2, -0.15) is 0 Å². The Bertz CT molecular complexity index is 732. The van der Waals surface area contributed by atoms with E-state index >= 15 is 0 Å². The molecule has 0 bridgehead atoms. The fourth-order valence-corrected chi connectivity index (χ4v) is 3.89. The number of aliphatic hydroxyl groups is 1. The molecule has 1 heterocycles. The number of aliphatic hydroxyl groups excluding tert-OH is 1. The largest absolute Gasteiger partial charge is 0.390 e. The summed E-state index contributed by atoms with van der Waals surface area (Å²) in [5, 5.41) is 10.6. The zero-order chi connectivity index (χ0) is 20.1. The number of β-amino-alcohol motifs (C(OH)–C–C–N with tert-alkyl or cyclic N) is 1. The molecule has 0 saturated carbocycles. The molecule has 1 aliphatic heterocycles. The van der Waals surface area contributed by atoms with Crippen LogP contribution < -0.4 is 11.5 Å². The number of hydrogen-bond donors (Lipinski definition) is 3. The summed E-state index contributed by atoms with van der Waals surface area (Å²) in [7, 11) is 0. The van der Waals surface area contributed by atoms with E-state index < -0.39 is 30.0 Å². The molecular weight excluding hydrogens is 356 g/mol. The average molecular weight is 382 g/mol. The number of primary amides is 2. The molecule has 3 rings (SSSR count). The quantitative estimate of drug-likeness (QED) is 0.670. The van der Waals surface area contributed by atoms with Crippen molar-refractivity contribution in [2.24, 2.45) is 11.5 Å². The molecule has 1 fully saturated rings. The molecule has 1 aliphatic rings. The molecular formula is C21H26N4O3. The Morgan fingerprint density at radius 3 is 1.46 bits per heavy atom. The lowest BCUT2D eigenvalue weighted by Gasteiger charge is -2.30. The molecule has 2 aromatic carbocycles. The van der Waals surface area contributed by atoms with Gasteiger partial charge >= 0.3 is 0 Å². The van der Waals surface area contributed by atoms with Gasteiger partial charge < -0.3 is 16.6 Å². The van der Waals surface area contributed by atoms with Gasteiger partial charge in [-0.1, -0.05) is 60.7 Å². The highest BCUT2D eigenvalue weighted by Gasteiger charge is 2.34. The minimum absolute atomic E-state index is 0.277. The zero-order valence-corrected chi connectivity index (χ0v) is 15.6. The molecule has 7 heteroatoms. The van der Waals surface area contributed by atoms with Crippen LogP contribution in [-0.2, 0) is 9.59 Å². The molecule has 2 amide bonds. The van der Waals surface area contributed by atoms with E-state index in [1.54, 1.807) is 0 Å². The first-order valence-electron chi connectivity index (χ1n) is 9.32. The smallest absolute Gasteiger partial charge is 0.239 e. The van der Waals surface area contributed by atoms with E-state index in [2.05, 4.69) is 0 Å². The van der Waals surface area contributed by atoms with E-state index in [0.717, 1.165) is 11.1 Å². The van der Waals surface area contributed by atoms with Crippen molar-refractivity contribution >= 4 is 11.8 Å². The summed E-state index contributed by atoms with van der Waals surface area (Å²) in [6.07, 6.45) is -0.751. The maximum Gasteiger partial charge on any atom is 0.239 e. The number of carbonyl (C=O) groups excluding carboxylic acids is 2. The highest BCUT2D eigenvalue weighted by atomic mass is 16.3. The van der Waals surface area contributed by atoms with Gasteiger partial charge in [0, 0.05) is 26.2 Å². The molecule has 28 heavy (non-hydrogen) atoms. The van der Waals surface area contributed by atoms with E-state index in [4.69, 9.17) is 11.5 Å². The molecule has 2 aromatic rings. The van der Waals surface area contributed by atoms with Gasteiger partial charge in [0.2, 0.25) is 11.8 Å². The van der Waals surface area contributed by atoms with Crippen molar-refractivity contribution in [1.82, 2.24) is 9.80 Å². The Kier molecular flexibility index (Phi) is 6.41. The van der Waals surface area contributed by atoms with Crippen LogP contribution in [0, 0.1) is 0 Å². The molecule has 1 saturated heterocycles. The maximum absolute atomic E-state index is 12.2. The van der Waals surface area contributed by atoms with Gasteiger partial charge in [0.05, 0.1) is 6.10 Å². The minimum atomic E-state index is -0.751. The Labute approximate surface area is 164 Å². The zero-order valence-electron chi connectivity index (χ0n) is 15.6. The van der Waals surface area contributed by atoms with Gasteiger partial charge in [-0.3, -0.25) is 19.4 Å². The van der Waals surface area contributed by atoms with Crippen LogP contribution in [0.5, 0.6) is 0 Å². The summed E-state index contributed by atoms with van der Waals surface area (Å²) in [6.45, 7) is 1.49. The van der Waals surface area contributed by atoms with Gasteiger partial charge in [-0.15, -0.1) is 0 Å². The standard InChI is InChI=1S/C21H26N4O3/c22-20(27)18(15-7-3-1-4-8-15)24-11-12-25(14-17(26)13-24)19(21(23)28)16-9-5-2-6-10-16/h1-10,17-19,26H,11-14H2,(H2,22,27)(H2,23,28). The van der Waals surface area contributed by atoms with E-state index in [-0.39, 0.29) is 13.1 Å². The lowest BCUT2D eigenvalue weighted by atomic mass is 10.0. The summed E-state index contributed by atoms with van der Waals surface area (Å²) in [5.74, 6) is -0.942. The number of rotatable bonds is 6. The Hall–Kier alpha value is -2.74. The Balaban J connectivity index is 1.84. The second-order valence-electron chi connectivity index (χ2n) is 7.07. The molecule has 7 nitrogen and oxygen atoms in total. The molecule has 148 valence electrons. The summed E-state index contributed by atoms with van der Waals surface area (Å²) in [4.78, 5) is 28.1. The minimum Gasteiger partial charge on any atom is -0.390 e. The number of hydrogen-bond acceptors (Lipinski definition) is 5. The third-order valence-corrected chi connectivity index (χ3v) is 5.06. The third-order valence-electron chi connectivity index (χ3n) is 5.06. The normalized spacial score (nSPS) is 20.8. The lowest BCUT2D eigenvalue weighted by Crippen LogP contribution is -2.42. The number of nitrogens with zero attached hydrogens (tertiary/aromatic N) is 2. The van der Waals surface area contributed by atoms with Gasteiger partial charge in [-0.25, -0.2) is 0 Å². The Morgan fingerprint density at radius 1 is 0.786 bits per heavy atom. The van der Waals surface area contributed by atoms with Crippen LogP contribution >= 0.6 is 0 Å². The van der Waals surface area contributed by atoms with Gasteiger partial charge in [0.25, 0.3) is 0 Å². The van der Waals surface area contributed by atoms with Crippen molar-refractivity contribution in [2.75, 3.05) is 26.2 Å². The number of carbonyl (C=O) groups is 2. The summed E-state index contributed by atoms with van der Waals surface area (Å²) in [6, 6.07) is 17.3. The van der Waals surface area contributed by atoms with Crippen molar-refractivity contribution in [2.45, 2.75) is 18.2 Å². The third kappa shape index (κ3) is 4.56. The molecule has 5 N–H and O–H groups in total. The predicted octanol–water partition coefficient (Wildman–Crippen LogP) is 0.418. The van der Waals surface area contributed by atoms with Gasteiger partial charge in [0.1, 0.15) is 12.1 Å². The summed E-state index contributed by atoms with van der Waals surface area (Å²) < 4.78 is 0. The number of benzene rings is 2. The lowest BCUT2D eigenvalue weighted by molar-refractivity contribution is -0.125. The van der Waals surface area contributed by atoms with Crippen LogP contribution in [0.15, 0.2) is 60.7 Å². The van der Waals surface area contributed by atoms with Crippen molar-refractivity contribution in [1.29, 1.82) is 0 Å². The van der Waals surface area contributed by atoms with Crippen LogP contribution in [0.4, 0.5) is 0 Å². The van der Waals surface area contributed by atoms with E-state index in [1.165, 1.54) is 0 Å². The van der Waals surface area contributed by atoms with Crippen LogP contribution in [0.1, 0.15) is 23.2 Å². The average Bonchev–Trinajstić information content (AvgIpc) is 2.85. The van der Waals surface area contributed by atoms with Crippen LogP contribution in [0.25, 0.3) is 0 Å². The first kappa shape index (κ1) is 20.0. The molecule has 2 unspecified atom stereocenters. The first-order chi connectivity index (χ1) is 13.5. The van der Waals surface area contributed by atoms with Crippen molar-refractivity contribution < 1.29 is 14.7 Å². The maximum atomic E-state index is 12.2. The topological polar surface area (TPSA) is 113 Å². The van der Waals surface area contributed by atoms with Crippen molar-refractivity contribution in [3.05, 3.63) is 71.8 Å². The molecule has 0 spiro atoms. The molecule has 0 aliphatic carbocycles. The second-order valence-corrected chi connectivity index (χ2v) is 7.07. The number of nitrogens with two attached hydrogens (primary N) is 2. The molecule has 0 aromatic heterocycles. The van der Waals surface area contributed by atoms with E-state index in [9.17, 15) is 14.7 Å². The van der Waals surface area contributed by atoms with E-state index in [0.29, 0.717) is 13.1 Å². The van der Waals surface area contributed by atoms with E-state index in [1.807, 2.05) is 70.5 Å². The summed E-state index contributed by atoms with van der Waals surface area (Å²) >= 11 is 0. The molecule has 0 radical (unpaired) electrons. The van der Waals surface area contributed by atoms with Crippen LogP contribution in [0.3, 0.4) is 0 Å². The predicted molar refractivity (Wildman–Crippen MR) is 106 cm³/mol. The van der Waals surface area contributed by atoms with Crippen LogP contribution in [0.2, 0.25) is 0 Å². The van der Waals surface area contributed by atoms with Crippen LogP contribution in [-0.4, -0.2) is 59.0 Å². The van der Waals surface area contributed by atoms with Crippen molar-refractivity contribution in [3.63, 3.8) is 0 Å². The summed E-state index contributed by atoms with van der Waals surface area (Å²) in [5.41, 5.74) is 12.9. The number of amides is 2. The van der Waals surface area contributed by atoms with Gasteiger partial charge in [0.15, 0.2) is 0 Å². The first-order valence-corrected chi connectivity index (χ1v) is 9.32. The van der Waals surface area contributed by atoms with Gasteiger partial charge in [-0.05, 0) is 11.1 Å². The Morgan fingerprint density at radius 2 is 1.14 bits per heavy atom. The fraction of sp³-hybridized carbons (Fsp3) is 0.333. The monoisotopic (exact) mass is 382 g/mol. The SMILES string of the molecule is NC(=O)C(c1ccccc1)N1CCN(C(C(N)=O)c2ccccc2)CC(O)C1. The second kappa shape index (κ2) is 8.97. The fourth-order valence-electron chi connectivity index (χ4n) is 3.89. The highest BCUT2D eigenvalue weighted by Crippen LogP contribution is 2.26. The highest BCUT2D eigenvalue weighted by molar-refractivity contribution is 5.82. The van der Waals surface area contributed by atoms with Crippen molar-refractivity contribution in [3.8, 4) is 0 Å². The molecule has 2 atom stereocenters.